The van der Waals surface area contributed by atoms with Gasteiger partial charge in [-0.3, -0.25) is 10.2 Å². The Morgan fingerprint density at radius 1 is 1.56 bits per heavy atom. The first-order valence-electron chi connectivity index (χ1n) is 5.50. The van der Waals surface area contributed by atoms with Gasteiger partial charge in [-0.05, 0) is 24.3 Å². The Hall–Kier alpha value is -0.910. The fourth-order valence-electron chi connectivity index (χ4n) is 1.98. The molecule has 1 amide bonds. The maximum Gasteiger partial charge on any atom is 0.275 e. The van der Waals surface area contributed by atoms with E-state index in [1.165, 1.54) is 24.2 Å². The van der Waals surface area contributed by atoms with Gasteiger partial charge >= 0.3 is 0 Å². The molecule has 0 saturated heterocycles. The average Bonchev–Trinajstić information content (AvgIpc) is 2.96. The number of hydrazine groups is 1. The molecule has 3 N–H and O–H groups in total. The smallest absolute Gasteiger partial charge is 0.275 e. The quantitative estimate of drug-likeness (QED) is 0.479. The minimum atomic E-state index is -0.236. The maximum atomic E-state index is 11.4. The Balaban J connectivity index is 1.93. The van der Waals surface area contributed by atoms with Crippen molar-refractivity contribution < 1.29 is 9.53 Å². The van der Waals surface area contributed by atoms with Gasteiger partial charge in [-0.15, -0.1) is 11.3 Å². The molecule has 1 aliphatic carbocycles. The first kappa shape index (κ1) is 11.6. The number of nitrogens with two attached hydrogens (primary N) is 1. The zero-order valence-corrected chi connectivity index (χ0v) is 9.89. The van der Waals surface area contributed by atoms with E-state index in [2.05, 4.69) is 5.43 Å². The van der Waals surface area contributed by atoms with E-state index < -0.39 is 0 Å². The Labute approximate surface area is 98.8 Å². The Bertz CT molecular complexity index is 359. The second-order valence-corrected chi connectivity index (χ2v) is 4.88. The van der Waals surface area contributed by atoms with Crippen LogP contribution < -0.4 is 11.3 Å². The second kappa shape index (κ2) is 5.43. The highest BCUT2D eigenvalue weighted by Crippen LogP contribution is 2.24. The molecule has 0 bridgehead atoms. The molecule has 1 fully saturated rings. The van der Waals surface area contributed by atoms with Gasteiger partial charge in [-0.2, -0.15) is 0 Å². The highest BCUT2D eigenvalue weighted by atomic mass is 32.1. The molecular weight excluding hydrogens is 224 g/mol. The summed E-state index contributed by atoms with van der Waals surface area (Å²) in [4.78, 5) is 12.1. The Kier molecular flexibility index (Phi) is 3.93. The highest BCUT2D eigenvalue weighted by Gasteiger charge is 2.17. The van der Waals surface area contributed by atoms with E-state index in [9.17, 15) is 4.79 Å². The first-order chi connectivity index (χ1) is 7.81. The third-order valence-corrected chi connectivity index (χ3v) is 3.82. The molecule has 1 aromatic heterocycles. The van der Waals surface area contributed by atoms with Crippen LogP contribution in [-0.2, 0) is 11.3 Å². The maximum absolute atomic E-state index is 11.4. The van der Waals surface area contributed by atoms with E-state index in [0.29, 0.717) is 17.6 Å². The zero-order chi connectivity index (χ0) is 11.4. The van der Waals surface area contributed by atoms with Crippen molar-refractivity contribution in [3.63, 3.8) is 0 Å². The van der Waals surface area contributed by atoms with E-state index in [4.69, 9.17) is 10.6 Å². The molecule has 0 atom stereocenters. The van der Waals surface area contributed by atoms with Crippen LogP contribution in [0.4, 0.5) is 0 Å². The van der Waals surface area contributed by atoms with Crippen molar-refractivity contribution in [1.29, 1.82) is 0 Å². The topological polar surface area (TPSA) is 64.3 Å². The normalized spacial score (nSPS) is 16.6. The molecule has 1 aliphatic rings. The molecule has 0 aliphatic heterocycles. The summed E-state index contributed by atoms with van der Waals surface area (Å²) < 4.78 is 5.77. The van der Waals surface area contributed by atoms with Gasteiger partial charge in [0.05, 0.1) is 17.6 Å². The number of nitrogens with one attached hydrogen (secondary N) is 1. The van der Waals surface area contributed by atoms with Crippen molar-refractivity contribution in [2.75, 3.05) is 0 Å². The summed E-state index contributed by atoms with van der Waals surface area (Å²) in [6, 6.07) is 1.92. The molecular formula is C11H16N2O2S. The van der Waals surface area contributed by atoms with Crippen molar-refractivity contribution >= 4 is 17.2 Å². The van der Waals surface area contributed by atoms with Crippen LogP contribution in [0.1, 0.15) is 40.9 Å². The van der Waals surface area contributed by atoms with E-state index in [0.717, 1.165) is 18.4 Å². The monoisotopic (exact) mass is 240 g/mol. The lowest BCUT2D eigenvalue weighted by Crippen LogP contribution is -2.30. The van der Waals surface area contributed by atoms with E-state index in [1.54, 1.807) is 0 Å². The van der Waals surface area contributed by atoms with Gasteiger partial charge in [0.1, 0.15) is 0 Å². The van der Waals surface area contributed by atoms with Crippen LogP contribution >= 0.6 is 11.3 Å². The Morgan fingerprint density at radius 2 is 2.31 bits per heavy atom. The predicted octanol–water partition coefficient (Wildman–Crippen LogP) is 1.81. The van der Waals surface area contributed by atoms with Crippen LogP contribution in [0.25, 0.3) is 0 Å². The largest absolute Gasteiger partial charge is 0.373 e. The van der Waals surface area contributed by atoms with Crippen LogP contribution in [0.15, 0.2) is 11.4 Å². The van der Waals surface area contributed by atoms with E-state index in [-0.39, 0.29) is 5.91 Å². The number of nitrogen functional groups attached to an aromatic ring is 1. The molecule has 1 saturated carbocycles. The lowest BCUT2D eigenvalue weighted by molar-refractivity contribution is 0.0453. The lowest BCUT2D eigenvalue weighted by atomic mass is 10.2. The van der Waals surface area contributed by atoms with Gasteiger partial charge in [0.25, 0.3) is 5.91 Å². The molecule has 5 heteroatoms. The summed E-state index contributed by atoms with van der Waals surface area (Å²) in [5.74, 6) is 4.88. The van der Waals surface area contributed by atoms with Crippen LogP contribution in [0.2, 0.25) is 0 Å². The van der Waals surface area contributed by atoms with Crippen LogP contribution in [0.5, 0.6) is 0 Å². The predicted molar refractivity (Wildman–Crippen MR) is 63.0 cm³/mol. The first-order valence-corrected chi connectivity index (χ1v) is 6.38. The average molecular weight is 240 g/mol. The van der Waals surface area contributed by atoms with Crippen molar-refractivity contribution in [1.82, 2.24) is 5.43 Å². The minimum absolute atomic E-state index is 0.236. The summed E-state index contributed by atoms with van der Waals surface area (Å²) >= 11 is 1.39. The zero-order valence-electron chi connectivity index (χ0n) is 9.07. The van der Waals surface area contributed by atoms with Crippen LogP contribution in [0, 0.1) is 0 Å². The van der Waals surface area contributed by atoms with Crippen LogP contribution in [-0.4, -0.2) is 12.0 Å². The molecule has 0 radical (unpaired) electrons. The molecule has 88 valence electrons. The van der Waals surface area contributed by atoms with Gasteiger partial charge in [0.2, 0.25) is 0 Å². The number of hydrogen-bond acceptors (Lipinski definition) is 4. The van der Waals surface area contributed by atoms with Crippen LogP contribution in [0.3, 0.4) is 0 Å². The van der Waals surface area contributed by atoms with Crippen molar-refractivity contribution in [3.05, 3.63) is 21.9 Å². The number of ether oxygens (including phenoxy) is 1. The molecule has 2 rings (SSSR count). The number of amides is 1. The van der Waals surface area contributed by atoms with Crippen molar-refractivity contribution in [2.24, 2.45) is 5.84 Å². The summed E-state index contributed by atoms with van der Waals surface area (Å²) in [6.07, 6.45) is 5.16. The number of thiophene rings is 1. The third-order valence-electron chi connectivity index (χ3n) is 2.86. The van der Waals surface area contributed by atoms with Gasteiger partial charge < -0.3 is 4.74 Å². The van der Waals surface area contributed by atoms with Gasteiger partial charge in [0, 0.05) is 5.56 Å². The van der Waals surface area contributed by atoms with E-state index >= 15 is 0 Å². The van der Waals surface area contributed by atoms with Crippen molar-refractivity contribution in [2.45, 2.75) is 38.4 Å². The number of rotatable bonds is 4. The summed E-state index contributed by atoms with van der Waals surface area (Å²) in [5.41, 5.74) is 3.08. The van der Waals surface area contributed by atoms with E-state index in [1.807, 2.05) is 11.4 Å². The van der Waals surface area contributed by atoms with Gasteiger partial charge in [0.15, 0.2) is 0 Å². The standard InChI is InChI=1S/C11H16N2O2S/c12-13-11(14)10-8(5-6-16-10)7-15-9-3-1-2-4-9/h5-6,9H,1-4,7,12H2,(H,13,14). The second-order valence-electron chi connectivity index (χ2n) is 3.97. The number of hydrogen-bond donors (Lipinski definition) is 2. The molecule has 1 aromatic rings. The number of carbonyl (C=O) groups excluding carboxylic acids is 1. The van der Waals surface area contributed by atoms with Crippen molar-refractivity contribution in [3.8, 4) is 0 Å². The molecule has 4 nitrogen and oxygen atoms in total. The molecule has 1 heterocycles. The number of carbonyl (C=O) groups is 1. The minimum Gasteiger partial charge on any atom is -0.373 e. The fraction of sp³-hybridized carbons (Fsp3) is 0.545. The van der Waals surface area contributed by atoms with Gasteiger partial charge in [-0.1, -0.05) is 12.8 Å². The highest BCUT2D eigenvalue weighted by molar-refractivity contribution is 7.12. The molecule has 16 heavy (non-hydrogen) atoms. The molecule has 0 aromatic carbocycles. The van der Waals surface area contributed by atoms with Gasteiger partial charge in [-0.25, -0.2) is 5.84 Å². The summed E-state index contributed by atoms with van der Waals surface area (Å²) in [6.45, 7) is 0.511. The molecule has 0 unspecified atom stereocenters. The lowest BCUT2D eigenvalue weighted by Gasteiger charge is -2.10. The summed E-state index contributed by atoms with van der Waals surface area (Å²) in [5, 5.41) is 1.89. The fourth-order valence-corrected chi connectivity index (χ4v) is 2.79. The molecule has 0 spiro atoms. The summed E-state index contributed by atoms with van der Waals surface area (Å²) in [7, 11) is 0. The SMILES string of the molecule is NNC(=O)c1sccc1COC1CCCC1. The Morgan fingerprint density at radius 3 is 3.00 bits per heavy atom. The third kappa shape index (κ3) is 2.61.